The van der Waals surface area contributed by atoms with Crippen LogP contribution in [0.2, 0.25) is 0 Å². The highest BCUT2D eigenvalue weighted by Crippen LogP contribution is 2.33. The third kappa shape index (κ3) is 5.18. The van der Waals surface area contributed by atoms with Crippen molar-refractivity contribution in [3.63, 3.8) is 0 Å². The fourth-order valence-electron chi connectivity index (χ4n) is 5.90. The zero-order valence-electron chi connectivity index (χ0n) is 26.2. The number of anilines is 1. The van der Waals surface area contributed by atoms with Crippen LogP contribution in [-0.2, 0) is 11.8 Å². The quantitative estimate of drug-likeness (QED) is 0.182. The van der Waals surface area contributed by atoms with E-state index in [1.807, 2.05) is 12.1 Å². The molecule has 0 saturated heterocycles. The zero-order valence-corrected chi connectivity index (χ0v) is 26.2. The van der Waals surface area contributed by atoms with Crippen molar-refractivity contribution in [3.8, 4) is 0 Å². The van der Waals surface area contributed by atoms with Gasteiger partial charge in [-0.15, -0.1) is 0 Å². The summed E-state index contributed by atoms with van der Waals surface area (Å²) in [5.41, 5.74) is 4.49. The average Bonchev–Trinajstić information content (AvgIpc) is 3.40. The van der Waals surface area contributed by atoms with Crippen molar-refractivity contribution in [2.24, 2.45) is 0 Å². The SMILES string of the molecule is CC(C)(C)c1ccc(Cc2ccc(N3C(=O)c4ccc(C(=O)c5ccc6c(c5)C(=O)N(C(C)(C)C)C6=O)cc4C3=O)cc2)cc1. The lowest BCUT2D eigenvalue weighted by Crippen LogP contribution is -2.45. The van der Waals surface area contributed by atoms with Crippen molar-refractivity contribution >= 4 is 35.1 Å². The average molecular weight is 599 g/mol. The Balaban J connectivity index is 1.21. The van der Waals surface area contributed by atoms with Gasteiger partial charge in [0.05, 0.1) is 27.9 Å². The highest BCUT2D eigenvalue weighted by molar-refractivity contribution is 6.35. The first-order valence-corrected chi connectivity index (χ1v) is 14.9. The summed E-state index contributed by atoms with van der Waals surface area (Å²) in [6.07, 6.45) is 0.717. The summed E-state index contributed by atoms with van der Waals surface area (Å²) in [7, 11) is 0. The number of benzene rings is 4. The summed E-state index contributed by atoms with van der Waals surface area (Å²) in [4.78, 5) is 68.4. The van der Waals surface area contributed by atoms with Gasteiger partial charge in [0.2, 0.25) is 0 Å². The zero-order chi connectivity index (χ0) is 32.4. The normalized spacial score (nSPS) is 14.7. The number of carbonyl (C=O) groups excluding carboxylic acids is 5. The van der Waals surface area contributed by atoms with Crippen molar-refractivity contribution in [2.75, 3.05) is 4.90 Å². The lowest BCUT2D eigenvalue weighted by Gasteiger charge is -2.29. The largest absolute Gasteiger partial charge is 0.289 e. The standard InChI is InChI=1S/C38H34N2O5/c1-37(2,3)26-13-7-22(8-14-26)19-23-9-15-27(16-10-23)39-33(42)28-17-11-24(20-30(28)34(39)43)32(41)25-12-18-29-31(21-25)36(45)40(35(29)44)38(4,5)6/h7-18,20-21H,19H2,1-6H3. The molecule has 2 aliphatic heterocycles. The first-order valence-electron chi connectivity index (χ1n) is 14.9. The fourth-order valence-corrected chi connectivity index (χ4v) is 5.90. The van der Waals surface area contributed by atoms with E-state index < -0.39 is 35.0 Å². The molecule has 4 aromatic rings. The number of nitrogens with zero attached hydrogens (tertiary/aromatic N) is 2. The molecule has 2 aliphatic rings. The van der Waals surface area contributed by atoms with Crippen LogP contribution in [0.3, 0.4) is 0 Å². The Hall–Kier alpha value is -5.17. The van der Waals surface area contributed by atoms with Crippen LogP contribution in [0.5, 0.6) is 0 Å². The molecular formula is C38H34N2O5. The molecule has 4 aromatic carbocycles. The number of hydrogen-bond donors (Lipinski definition) is 0. The second kappa shape index (κ2) is 10.5. The molecule has 7 nitrogen and oxygen atoms in total. The van der Waals surface area contributed by atoms with E-state index in [0.717, 1.165) is 16.9 Å². The number of amides is 4. The number of hydrogen-bond acceptors (Lipinski definition) is 5. The number of carbonyl (C=O) groups is 5. The topological polar surface area (TPSA) is 91.8 Å². The molecule has 0 aliphatic carbocycles. The van der Waals surface area contributed by atoms with E-state index in [1.54, 1.807) is 32.9 Å². The van der Waals surface area contributed by atoms with Gasteiger partial charge in [-0.3, -0.25) is 28.9 Å². The first-order chi connectivity index (χ1) is 21.1. The van der Waals surface area contributed by atoms with Crippen LogP contribution in [0, 0.1) is 0 Å². The van der Waals surface area contributed by atoms with Crippen molar-refractivity contribution in [3.05, 3.63) is 135 Å². The molecule has 0 unspecified atom stereocenters. The number of rotatable bonds is 5. The molecule has 0 N–H and O–H groups in total. The Morgan fingerprint density at radius 1 is 0.556 bits per heavy atom. The molecule has 7 heteroatoms. The molecule has 0 spiro atoms. The minimum absolute atomic E-state index is 0.0821. The first kappa shape index (κ1) is 29.9. The van der Waals surface area contributed by atoms with Gasteiger partial charge in [-0.25, -0.2) is 4.90 Å². The van der Waals surface area contributed by atoms with Crippen molar-refractivity contribution in [1.29, 1.82) is 0 Å². The van der Waals surface area contributed by atoms with E-state index in [2.05, 4.69) is 45.0 Å². The van der Waals surface area contributed by atoms with E-state index in [1.165, 1.54) is 52.4 Å². The van der Waals surface area contributed by atoms with Gasteiger partial charge in [0.15, 0.2) is 5.78 Å². The fraction of sp³-hybridized carbons (Fsp3) is 0.237. The minimum atomic E-state index is -0.713. The Morgan fingerprint density at radius 2 is 1.00 bits per heavy atom. The van der Waals surface area contributed by atoms with Gasteiger partial charge < -0.3 is 0 Å². The maximum atomic E-state index is 13.5. The Bertz CT molecular complexity index is 1920. The Morgan fingerprint density at radius 3 is 1.51 bits per heavy atom. The third-order valence-electron chi connectivity index (χ3n) is 8.39. The molecule has 0 aromatic heterocycles. The van der Waals surface area contributed by atoms with Crippen LogP contribution < -0.4 is 4.90 Å². The molecule has 2 heterocycles. The van der Waals surface area contributed by atoms with Crippen LogP contribution in [-0.4, -0.2) is 39.9 Å². The minimum Gasteiger partial charge on any atom is -0.289 e. The van der Waals surface area contributed by atoms with Crippen LogP contribution in [0.4, 0.5) is 5.69 Å². The molecule has 45 heavy (non-hydrogen) atoms. The number of fused-ring (bicyclic) bond motifs is 2. The summed E-state index contributed by atoms with van der Waals surface area (Å²) in [6, 6.07) is 24.7. The molecule has 0 fully saturated rings. The second-order valence-electron chi connectivity index (χ2n) is 13.7. The Kier molecular flexibility index (Phi) is 6.96. The lowest BCUT2D eigenvalue weighted by atomic mass is 9.86. The second-order valence-corrected chi connectivity index (χ2v) is 13.7. The summed E-state index contributed by atoms with van der Waals surface area (Å²) in [5.74, 6) is -2.24. The van der Waals surface area contributed by atoms with Gasteiger partial charge in [0, 0.05) is 16.7 Å². The smallest absolute Gasteiger partial charge is 0.266 e. The molecule has 6 rings (SSSR count). The van der Waals surface area contributed by atoms with Crippen molar-refractivity contribution < 1.29 is 24.0 Å². The molecule has 4 amide bonds. The highest BCUT2D eigenvalue weighted by atomic mass is 16.2. The number of ketones is 1. The van der Waals surface area contributed by atoms with Crippen LogP contribution >= 0.6 is 0 Å². The van der Waals surface area contributed by atoms with Crippen LogP contribution in [0.1, 0.15) is 116 Å². The molecule has 0 radical (unpaired) electrons. The molecular weight excluding hydrogens is 564 g/mol. The van der Waals surface area contributed by atoms with Crippen LogP contribution in [0.25, 0.3) is 0 Å². The summed E-state index contributed by atoms with van der Waals surface area (Å²) >= 11 is 0. The van der Waals surface area contributed by atoms with Gasteiger partial charge in [0.1, 0.15) is 0 Å². The predicted molar refractivity (Wildman–Crippen MR) is 172 cm³/mol. The molecule has 0 saturated carbocycles. The lowest BCUT2D eigenvalue weighted by molar-refractivity contribution is 0.0507. The molecule has 0 atom stereocenters. The predicted octanol–water partition coefficient (Wildman–Crippen LogP) is 7.00. The molecule has 226 valence electrons. The van der Waals surface area contributed by atoms with Gasteiger partial charge in [-0.2, -0.15) is 0 Å². The Labute approximate surface area is 262 Å². The van der Waals surface area contributed by atoms with Gasteiger partial charge >= 0.3 is 0 Å². The third-order valence-corrected chi connectivity index (χ3v) is 8.39. The van der Waals surface area contributed by atoms with E-state index in [-0.39, 0.29) is 38.8 Å². The van der Waals surface area contributed by atoms with Crippen LogP contribution in [0.15, 0.2) is 84.9 Å². The monoisotopic (exact) mass is 598 g/mol. The summed E-state index contributed by atoms with van der Waals surface area (Å²) in [6.45, 7) is 11.9. The highest BCUT2D eigenvalue weighted by Gasteiger charge is 2.42. The molecule has 0 bridgehead atoms. The number of imide groups is 2. The van der Waals surface area contributed by atoms with Gasteiger partial charge in [-0.1, -0.05) is 69.3 Å². The van der Waals surface area contributed by atoms with E-state index in [9.17, 15) is 24.0 Å². The maximum Gasteiger partial charge on any atom is 0.266 e. The van der Waals surface area contributed by atoms with Gasteiger partial charge in [0.25, 0.3) is 23.6 Å². The summed E-state index contributed by atoms with van der Waals surface area (Å²) < 4.78 is 0. The summed E-state index contributed by atoms with van der Waals surface area (Å²) in [5, 5.41) is 0. The van der Waals surface area contributed by atoms with E-state index >= 15 is 0 Å². The maximum absolute atomic E-state index is 13.5. The van der Waals surface area contributed by atoms with Gasteiger partial charge in [-0.05, 0) is 85.7 Å². The van der Waals surface area contributed by atoms with Crippen molar-refractivity contribution in [1.82, 2.24) is 4.90 Å². The van der Waals surface area contributed by atoms with E-state index in [0.29, 0.717) is 5.69 Å². The van der Waals surface area contributed by atoms with Crippen molar-refractivity contribution in [2.45, 2.75) is 58.9 Å². The van der Waals surface area contributed by atoms with E-state index in [4.69, 9.17) is 0 Å².